The van der Waals surface area contributed by atoms with Crippen LogP contribution in [0, 0.1) is 0 Å². The van der Waals surface area contributed by atoms with Gasteiger partial charge in [0.1, 0.15) is 5.69 Å². The number of aromatic nitrogens is 2. The predicted octanol–water partition coefficient (Wildman–Crippen LogP) is 3.15. The second-order valence-corrected chi connectivity index (χ2v) is 11.3. The van der Waals surface area contributed by atoms with Crippen molar-refractivity contribution in [2.75, 3.05) is 64.0 Å². The third-order valence-electron chi connectivity index (χ3n) is 7.02. The fourth-order valence-corrected chi connectivity index (χ4v) is 5.90. The van der Waals surface area contributed by atoms with Crippen LogP contribution in [-0.4, -0.2) is 87.7 Å². The van der Waals surface area contributed by atoms with E-state index in [1.165, 1.54) is 20.3 Å². The zero-order valence-electron chi connectivity index (χ0n) is 22.8. The van der Waals surface area contributed by atoms with Crippen LogP contribution >= 0.6 is 12.4 Å². The minimum atomic E-state index is -3.94. The number of aryl methyl sites for hydroxylation is 1. The molecule has 0 saturated carbocycles. The van der Waals surface area contributed by atoms with Crippen molar-refractivity contribution in [2.24, 2.45) is 7.05 Å². The molecule has 0 aliphatic carbocycles. The topological polar surface area (TPSA) is 118 Å². The molecular formula is C27H33ClN6O5S. The molecule has 1 aliphatic heterocycles. The number of nitrogens with zero attached hydrogens (tertiary/aromatic N) is 4. The van der Waals surface area contributed by atoms with Crippen LogP contribution in [0.15, 0.2) is 53.4 Å². The average molecular weight is 589 g/mol. The fraction of sp³-hybridized carbons (Fsp3) is 0.333. The Balaban J connectivity index is 0.00000370. The number of carbonyl (C=O) groups is 1. The SMILES string of the molecule is COc1ccc(NS(=O)(=O)c2ccc3c(c2)c2ccc(NC(=O)CN4CCN(C)CC4)cc2n3C)c(OC)n1.Cl. The summed E-state index contributed by atoms with van der Waals surface area (Å²) in [4.78, 5) is 21.3. The highest BCUT2D eigenvalue weighted by atomic mass is 35.5. The Bertz CT molecular complexity index is 1650. The highest BCUT2D eigenvalue weighted by Gasteiger charge is 2.21. The molecule has 0 bridgehead atoms. The highest BCUT2D eigenvalue weighted by Crippen LogP contribution is 2.33. The summed E-state index contributed by atoms with van der Waals surface area (Å²) in [6, 6.07) is 13.7. The zero-order chi connectivity index (χ0) is 27.7. The van der Waals surface area contributed by atoms with Crippen molar-refractivity contribution in [2.45, 2.75) is 4.90 Å². The number of anilines is 2. The van der Waals surface area contributed by atoms with E-state index in [-0.39, 0.29) is 34.8 Å². The maximum Gasteiger partial charge on any atom is 0.262 e. The summed E-state index contributed by atoms with van der Waals surface area (Å²) in [5, 5.41) is 4.67. The van der Waals surface area contributed by atoms with Gasteiger partial charge in [-0.25, -0.2) is 8.42 Å². The summed E-state index contributed by atoms with van der Waals surface area (Å²) < 4.78 is 41.4. The van der Waals surface area contributed by atoms with Gasteiger partial charge < -0.3 is 24.3 Å². The Morgan fingerprint density at radius 3 is 2.38 bits per heavy atom. The van der Waals surface area contributed by atoms with Gasteiger partial charge >= 0.3 is 0 Å². The molecule has 2 N–H and O–H groups in total. The predicted molar refractivity (Wildman–Crippen MR) is 158 cm³/mol. The van der Waals surface area contributed by atoms with Gasteiger partial charge in [0.25, 0.3) is 10.0 Å². The molecule has 0 atom stereocenters. The highest BCUT2D eigenvalue weighted by molar-refractivity contribution is 7.92. The summed E-state index contributed by atoms with van der Waals surface area (Å²) in [6.07, 6.45) is 0. The van der Waals surface area contributed by atoms with Crippen LogP contribution in [0.2, 0.25) is 0 Å². The number of ether oxygens (including phenoxy) is 2. The van der Waals surface area contributed by atoms with E-state index in [2.05, 4.69) is 31.9 Å². The molecule has 1 saturated heterocycles. The van der Waals surface area contributed by atoms with Gasteiger partial charge in [-0.3, -0.25) is 14.4 Å². The summed E-state index contributed by atoms with van der Waals surface area (Å²) in [7, 11) is 2.94. The molecule has 3 heterocycles. The minimum Gasteiger partial charge on any atom is -0.481 e. The molecule has 5 rings (SSSR count). The van der Waals surface area contributed by atoms with E-state index in [4.69, 9.17) is 9.47 Å². The molecule has 11 nitrogen and oxygen atoms in total. The van der Waals surface area contributed by atoms with Crippen molar-refractivity contribution in [3.05, 3.63) is 48.5 Å². The monoisotopic (exact) mass is 588 g/mol. The lowest BCUT2D eigenvalue weighted by Crippen LogP contribution is -2.47. The number of nitrogens with one attached hydrogen (secondary N) is 2. The van der Waals surface area contributed by atoms with Crippen molar-refractivity contribution in [1.29, 1.82) is 0 Å². The molecule has 40 heavy (non-hydrogen) atoms. The summed E-state index contributed by atoms with van der Waals surface area (Å²) >= 11 is 0. The third kappa shape index (κ3) is 5.94. The van der Waals surface area contributed by atoms with E-state index in [0.29, 0.717) is 18.1 Å². The van der Waals surface area contributed by atoms with E-state index >= 15 is 0 Å². The Kier molecular flexibility index (Phi) is 8.74. The van der Waals surface area contributed by atoms with Gasteiger partial charge in [-0.05, 0) is 43.4 Å². The van der Waals surface area contributed by atoms with E-state index in [1.54, 1.807) is 24.3 Å². The second-order valence-electron chi connectivity index (χ2n) is 9.61. The first-order chi connectivity index (χ1) is 18.7. The normalized spacial score (nSPS) is 14.6. The number of hydrogen-bond acceptors (Lipinski definition) is 8. The second kappa shape index (κ2) is 11.9. The summed E-state index contributed by atoms with van der Waals surface area (Å²) in [6.45, 7) is 3.99. The van der Waals surface area contributed by atoms with Gasteiger partial charge in [-0.1, -0.05) is 6.07 Å². The number of carbonyl (C=O) groups excluding carboxylic acids is 1. The third-order valence-corrected chi connectivity index (χ3v) is 8.38. The summed E-state index contributed by atoms with van der Waals surface area (Å²) in [5.41, 5.74) is 2.65. The molecule has 0 radical (unpaired) electrons. The number of hydrogen-bond donors (Lipinski definition) is 2. The number of rotatable bonds is 8. The first-order valence-corrected chi connectivity index (χ1v) is 14.0. The molecule has 1 amide bonds. The van der Waals surface area contributed by atoms with Crippen molar-refractivity contribution in [3.8, 4) is 11.8 Å². The van der Waals surface area contributed by atoms with Crippen molar-refractivity contribution >= 4 is 61.5 Å². The lowest BCUT2D eigenvalue weighted by molar-refractivity contribution is -0.117. The average Bonchev–Trinajstić information content (AvgIpc) is 3.20. The standard InChI is InChI=1S/C27H32N6O5S.ClH/c1-31-11-13-33(14-12-31)17-25(34)28-18-5-7-20-21-16-19(6-9-23(21)32(2)24(20)15-18)39(35,36)30-22-8-10-26(37-3)29-27(22)38-4;/h5-10,15-16,30H,11-14,17H2,1-4H3,(H,28,34);1H. The number of sulfonamides is 1. The van der Waals surface area contributed by atoms with Gasteiger partial charge in [-0.15, -0.1) is 12.4 Å². The number of pyridine rings is 1. The number of methoxy groups -OCH3 is 2. The molecule has 0 unspecified atom stereocenters. The lowest BCUT2D eigenvalue weighted by Gasteiger charge is -2.31. The molecule has 1 aliphatic rings. The molecule has 0 spiro atoms. The van der Waals surface area contributed by atoms with Crippen molar-refractivity contribution < 1.29 is 22.7 Å². The fourth-order valence-electron chi connectivity index (χ4n) is 4.82. The quantitative estimate of drug-likeness (QED) is 0.322. The Morgan fingerprint density at radius 2 is 1.68 bits per heavy atom. The van der Waals surface area contributed by atoms with Crippen molar-refractivity contribution in [1.82, 2.24) is 19.4 Å². The van der Waals surface area contributed by atoms with Gasteiger partial charge in [0.05, 0.1) is 31.2 Å². The maximum absolute atomic E-state index is 13.3. The van der Waals surface area contributed by atoms with Gasteiger partial charge in [0.15, 0.2) is 0 Å². The number of amides is 1. The summed E-state index contributed by atoms with van der Waals surface area (Å²) in [5.74, 6) is 0.355. The molecule has 13 heteroatoms. The van der Waals surface area contributed by atoms with Crippen LogP contribution in [0.4, 0.5) is 11.4 Å². The van der Waals surface area contributed by atoms with Crippen LogP contribution in [-0.2, 0) is 21.9 Å². The zero-order valence-corrected chi connectivity index (χ0v) is 24.4. The largest absolute Gasteiger partial charge is 0.481 e. The Morgan fingerprint density at radius 1 is 0.925 bits per heavy atom. The van der Waals surface area contributed by atoms with Gasteiger partial charge in [0.2, 0.25) is 17.7 Å². The molecule has 4 aromatic rings. The molecule has 214 valence electrons. The molecule has 2 aromatic heterocycles. The number of fused-ring (bicyclic) bond motifs is 3. The van der Waals surface area contributed by atoms with Crippen LogP contribution in [0.25, 0.3) is 21.8 Å². The number of piperazine rings is 1. The Hall–Kier alpha value is -3.58. The van der Waals surface area contributed by atoms with Crippen molar-refractivity contribution in [3.63, 3.8) is 0 Å². The number of likely N-dealkylation sites (N-methyl/N-ethyl adjacent to an activating group) is 1. The molecule has 2 aromatic carbocycles. The van der Waals surface area contributed by atoms with E-state index < -0.39 is 10.0 Å². The first-order valence-electron chi connectivity index (χ1n) is 12.5. The van der Waals surface area contributed by atoms with E-state index in [0.717, 1.165) is 48.0 Å². The number of halogens is 1. The van der Waals surface area contributed by atoms with E-state index in [1.807, 2.05) is 29.8 Å². The minimum absolute atomic E-state index is 0. The smallest absolute Gasteiger partial charge is 0.262 e. The van der Waals surface area contributed by atoms with Crippen LogP contribution in [0.5, 0.6) is 11.8 Å². The van der Waals surface area contributed by atoms with E-state index in [9.17, 15) is 13.2 Å². The van der Waals surface area contributed by atoms with Crippen LogP contribution in [0.1, 0.15) is 0 Å². The maximum atomic E-state index is 13.3. The van der Waals surface area contributed by atoms with Crippen LogP contribution in [0.3, 0.4) is 0 Å². The molecular weight excluding hydrogens is 556 g/mol. The van der Waals surface area contributed by atoms with Crippen LogP contribution < -0.4 is 19.5 Å². The first kappa shape index (κ1) is 29.4. The Labute approximate surface area is 239 Å². The number of benzene rings is 2. The lowest BCUT2D eigenvalue weighted by atomic mass is 10.1. The van der Waals surface area contributed by atoms with Gasteiger partial charge in [-0.2, -0.15) is 4.98 Å². The van der Waals surface area contributed by atoms with Gasteiger partial charge in [0, 0.05) is 61.3 Å². The molecule has 1 fully saturated rings.